The first-order chi connectivity index (χ1) is 12.5. The molecular weight excluding hydrogens is 431 g/mol. The molecule has 0 atom stereocenters. The van der Waals surface area contributed by atoms with Crippen LogP contribution in [0.4, 0.5) is 11.6 Å². The third kappa shape index (κ3) is 5.38. The number of aromatic nitrogens is 2. The normalized spacial score (nSPS) is 12.1. The molecule has 0 unspecified atom stereocenters. The molecule has 1 heterocycles. The third-order valence-corrected chi connectivity index (χ3v) is 5.59. The number of hydrogen-bond acceptors (Lipinski definition) is 5. The second-order valence-corrected chi connectivity index (χ2v) is 10.2. The molecule has 10 heteroatoms. The predicted molar refractivity (Wildman–Crippen MR) is 112 cm³/mol. The number of hydrogen-bond donors (Lipinski definition) is 1. The molecule has 0 fully saturated rings. The maximum Gasteiger partial charge on any atom is 0.263 e. The van der Waals surface area contributed by atoms with Crippen LogP contribution in [0.5, 0.6) is 0 Å². The molecular formula is C17H21Cl3N4O2S. The van der Waals surface area contributed by atoms with Gasteiger partial charge in [-0.1, -0.05) is 65.8 Å². The van der Waals surface area contributed by atoms with E-state index in [0.717, 1.165) is 12.0 Å². The Bertz CT molecular complexity index is 911. The van der Waals surface area contributed by atoms with Gasteiger partial charge in [-0.25, -0.2) is 18.4 Å². The van der Waals surface area contributed by atoms with Gasteiger partial charge < -0.3 is 4.90 Å². The highest BCUT2D eigenvalue weighted by Crippen LogP contribution is 2.39. The molecule has 1 N–H and O–H groups in total. The van der Waals surface area contributed by atoms with Crippen molar-refractivity contribution in [3.05, 3.63) is 41.2 Å². The van der Waals surface area contributed by atoms with E-state index < -0.39 is 13.8 Å². The van der Waals surface area contributed by atoms with Crippen LogP contribution >= 0.6 is 34.8 Å². The molecule has 0 bridgehead atoms. The molecule has 0 spiro atoms. The average molecular weight is 452 g/mol. The van der Waals surface area contributed by atoms with Gasteiger partial charge >= 0.3 is 0 Å². The zero-order chi connectivity index (χ0) is 20.4. The molecule has 148 valence electrons. The van der Waals surface area contributed by atoms with Crippen molar-refractivity contribution in [2.24, 2.45) is 0 Å². The summed E-state index contributed by atoms with van der Waals surface area (Å²) >= 11 is 17.9. The highest BCUT2D eigenvalue weighted by Gasteiger charge is 2.31. The molecule has 1 aromatic heterocycles. The fourth-order valence-corrected chi connectivity index (χ4v) is 3.73. The van der Waals surface area contributed by atoms with Gasteiger partial charge in [-0.3, -0.25) is 4.72 Å². The summed E-state index contributed by atoms with van der Waals surface area (Å²) in [6, 6.07) is 6.50. The minimum atomic E-state index is -3.86. The summed E-state index contributed by atoms with van der Waals surface area (Å²) in [4.78, 5) is 10.4. The quantitative estimate of drug-likeness (QED) is 0.658. The molecule has 0 aliphatic heterocycles. The molecule has 0 aliphatic rings. The van der Waals surface area contributed by atoms with Crippen LogP contribution in [0.1, 0.15) is 30.3 Å². The summed E-state index contributed by atoms with van der Waals surface area (Å²) in [5.74, 6) is 0.505. The van der Waals surface area contributed by atoms with Crippen LogP contribution in [0.15, 0.2) is 29.2 Å². The molecule has 2 rings (SSSR count). The lowest BCUT2D eigenvalue weighted by Crippen LogP contribution is -2.22. The molecule has 27 heavy (non-hydrogen) atoms. The fourth-order valence-electron chi connectivity index (χ4n) is 2.44. The van der Waals surface area contributed by atoms with E-state index >= 15 is 0 Å². The second-order valence-electron chi connectivity index (χ2n) is 6.26. The van der Waals surface area contributed by atoms with Crippen molar-refractivity contribution in [2.75, 3.05) is 23.7 Å². The van der Waals surface area contributed by atoms with Crippen LogP contribution in [0.2, 0.25) is 0 Å². The lowest BCUT2D eigenvalue weighted by molar-refractivity contribution is 0.601. The Balaban J connectivity index is 2.62. The van der Waals surface area contributed by atoms with Crippen molar-refractivity contribution in [3.8, 4) is 0 Å². The Morgan fingerprint density at radius 1 is 1.11 bits per heavy atom. The minimum absolute atomic E-state index is 0.0994. The van der Waals surface area contributed by atoms with Gasteiger partial charge in [0, 0.05) is 19.7 Å². The molecule has 0 saturated heterocycles. The number of nitrogens with zero attached hydrogens (tertiary/aromatic N) is 3. The summed E-state index contributed by atoms with van der Waals surface area (Å²) in [7, 11) is -0.304. The zero-order valence-corrected chi connectivity index (χ0v) is 18.5. The Kier molecular flexibility index (Phi) is 6.84. The largest absolute Gasteiger partial charge is 0.362 e. The Morgan fingerprint density at radius 3 is 2.19 bits per heavy atom. The van der Waals surface area contributed by atoms with E-state index in [4.69, 9.17) is 34.8 Å². The van der Waals surface area contributed by atoms with Gasteiger partial charge in [-0.15, -0.1) is 0 Å². The monoisotopic (exact) mass is 450 g/mol. The summed E-state index contributed by atoms with van der Waals surface area (Å²) in [6.45, 7) is 3.85. The summed E-state index contributed by atoms with van der Waals surface area (Å²) in [5, 5.41) is 0. The fraction of sp³-hybridized carbons (Fsp3) is 0.412. The lowest BCUT2D eigenvalue weighted by atomic mass is 10.1. The van der Waals surface area contributed by atoms with E-state index in [1.165, 1.54) is 12.1 Å². The second kappa shape index (κ2) is 8.39. The van der Waals surface area contributed by atoms with Gasteiger partial charge in [0.2, 0.25) is 3.79 Å². The van der Waals surface area contributed by atoms with E-state index in [0.29, 0.717) is 17.8 Å². The van der Waals surface area contributed by atoms with E-state index in [9.17, 15) is 8.42 Å². The lowest BCUT2D eigenvalue weighted by Gasteiger charge is -2.22. The molecule has 0 amide bonds. The van der Waals surface area contributed by atoms with E-state index in [1.807, 2.05) is 13.8 Å². The number of anilines is 2. The maximum atomic E-state index is 12.8. The molecule has 0 aliphatic carbocycles. The average Bonchev–Trinajstić information content (AvgIpc) is 2.55. The smallest absolute Gasteiger partial charge is 0.263 e. The topological polar surface area (TPSA) is 75.2 Å². The summed E-state index contributed by atoms with van der Waals surface area (Å²) < 4.78 is 26.3. The van der Waals surface area contributed by atoms with Gasteiger partial charge in [-0.05, 0) is 25.5 Å². The van der Waals surface area contributed by atoms with Crippen LogP contribution in [0, 0.1) is 6.92 Å². The van der Waals surface area contributed by atoms with Gasteiger partial charge in [0.25, 0.3) is 10.0 Å². The molecule has 1 aromatic carbocycles. The zero-order valence-electron chi connectivity index (χ0n) is 15.4. The van der Waals surface area contributed by atoms with E-state index in [-0.39, 0.29) is 16.5 Å². The van der Waals surface area contributed by atoms with Gasteiger partial charge in [0.1, 0.15) is 11.6 Å². The van der Waals surface area contributed by atoms with Gasteiger partial charge in [-0.2, -0.15) is 0 Å². The molecule has 0 radical (unpaired) electrons. The van der Waals surface area contributed by atoms with Gasteiger partial charge in [0.05, 0.1) is 4.90 Å². The Morgan fingerprint density at radius 2 is 1.70 bits per heavy atom. The standard InChI is InChI=1S/C17H21Cl3N4O2S/c1-5-6-13-14(21-16(17(18,19)20)22-15(13)24(3)4)23-27(25,26)12-9-7-11(2)8-10-12/h7-10H,5-6H2,1-4H3,(H,21,22,23). The van der Waals surface area contributed by atoms with E-state index in [2.05, 4.69) is 14.7 Å². The number of benzene rings is 1. The highest BCUT2D eigenvalue weighted by atomic mass is 35.6. The van der Waals surface area contributed by atoms with Crippen molar-refractivity contribution in [1.82, 2.24) is 9.97 Å². The summed E-state index contributed by atoms with van der Waals surface area (Å²) in [5.41, 5.74) is 1.59. The summed E-state index contributed by atoms with van der Waals surface area (Å²) in [6.07, 6.45) is 1.32. The number of nitrogens with one attached hydrogen (secondary N) is 1. The number of halogens is 3. The first-order valence-electron chi connectivity index (χ1n) is 8.20. The van der Waals surface area contributed by atoms with Crippen LogP contribution in [-0.4, -0.2) is 32.5 Å². The number of aryl methyl sites for hydroxylation is 1. The predicted octanol–water partition coefficient (Wildman–Crippen LogP) is 4.43. The molecule has 6 nitrogen and oxygen atoms in total. The Labute approximate surface area is 174 Å². The van der Waals surface area contributed by atoms with Crippen LogP contribution in [-0.2, 0) is 20.2 Å². The third-order valence-electron chi connectivity index (χ3n) is 3.72. The van der Waals surface area contributed by atoms with Gasteiger partial charge in [0.15, 0.2) is 5.82 Å². The highest BCUT2D eigenvalue weighted by molar-refractivity contribution is 7.92. The number of sulfonamides is 1. The van der Waals surface area contributed by atoms with E-state index in [1.54, 1.807) is 31.1 Å². The van der Waals surface area contributed by atoms with Crippen LogP contribution in [0.25, 0.3) is 0 Å². The maximum absolute atomic E-state index is 12.8. The van der Waals surface area contributed by atoms with Crippen molar-refractivity contribution in [3.63, 3.8) is 0 Å². The van der Waals surface area contributed by atoms with Crippen LogP contribution < -0.4 is 9.62 Å². The Hall–Kier alpha value is -1.28. The van der Waals surface area contributed by atoms with Crippen molar-refractivity contribution in [1.29, 1.82) is 0 Å². The minimum Gasteiger partial charge on any atom is -0.362 e. The first kappa shape index (κ1) is 22.0. The van der Waals surface area contributed by atoms with Crippen molar-refractivity contribution >= 4 is 56.5 Å². The SMILES string of the molecule is CCCc1c(NS(=O)(=O)c2ccc(C)cc2)nc(C(Cl)(Cl)Cl)nc1N(C)C. The van der Waals surface area contributed by atoms with Crippen molar-refractivity contribution in [2.45, 2.75) is 35.4 Å². The number of alkyl halides is 3. The van der Waals surface area contributed by atoms with Crippen molar-refractivity contribution < 1.29 is 8.42 Å². The number of rotatable bonds is 6. The molecule has 2 aromatic rings. The first-order valence-corrected chi connectivity index (χ1v) is 10.8. The molecule has 0 saturated carbocycles. The van der Waals surface area contributed by atoms with Crippen LogP contribution in [0.3, 0.4) is 0 Å².